The molecule has 0 unspecified atom stereocenters. The Morgan fingerprint density at radius 1 is 0.960 bits per heavy atom. The molecule has 0 amide bonds. The minimum Gasteiger partial charge on any atom is -0.504 e. The number of benzene rings is 2. The maximum Gasteiger partial charge on any atom is 0.161 e. The molecule has 1 fully saturated rings. The third-order valence-electron chi connectivity index (χ3n) is 4.43. The van der Waals surface area contributed by atoms with Gasteiger partial charge in [0.1, 0.15) is 10.7 Å². The molecule has 1 heterocycles. The van der Waals surface area contributed by atoms with Crippen molar-refractivity contribution < 1.29 is 14.6 Å². The van der Waals surface area contributed by atoms with Crippen LogP contribution in [0.3, 0.4) is 0 Å². The van der Waals surface area contributed by atoms with Crippen molar-refractivity contribution in [2.75, 3.05) is 45.3 Å². The van der Waals surface area contributed by atoms with E-state index in [1.54, 1.807) is 19.2 Å². The lowest BCUT2D eigenvalue weighted by Crippen LogP contribution is -2.48. The Labute approximate surface area is 153 Å². The summed E-state index contributed by atoms with van der Waals surface area (Å²) in [6.45, 7) is 3.52. The first-order valence-electron chi connectivity index (χ1n) is 8.17. The van der Waals surface area contributed by atoms with Crippen LogP contribution in [0.5, 0.6) is 17.2 Å². The number of thiocarbonyl (C=S) groups is 1. The predicted molar refractivity (Wildman–Crippen MR) is 103 cm³/mol. The molecule has 2 aromatic carbocycles. The first-order valence-corrected chi connectivity index (χ1v) is 8.58. The van der Waals surface area contributed by atoms with Crippen molar-refractivity contribution in [2.45, 2.75) is 0 Å². The van der Waals surface area contributed by atoms with Gasteiger partial charge in [-0.25, -0.2) is 0 Å². The molecule has 0 aromatic heterocycles. The Morgan fingerprint density at radius 3 is 2.24 bits per heavy atom. The highest BCUT2D eigenvalue weighted by molar-refractivity contribution is 7.80. The average Bonchev–Trinajstić information content (AvgIpc) is 2.68. The molecule has 1 aliphatic heterocycles. The number of aromatic hydroxyl groups is 1. The largest absolute Gasteiger partial charge is 0.504 e. The summed E-state index contributed by atoms with van der Waals surface area (Å²) in [5.41, 5.74) is 2.08. The lowest BCUT2D eigenvalue weighted by molar-refractivity contribution is 0.372. The molecule has 0 spiro atoms. The molecular formula is C19H22N2O3S. The molecule has 2 aromatic rings. The van der Waals surface area contributed by atoms with Gasteiger partial charge in [0, 0.05) is 37.4 Å². The number of anilines is 1. The van der Waals surface area contributed by atoms with E-state index in [2.05, 4.69) is 21.9 Å². The lowest BCUT2D eigenvalue weighted by Gasteiger charge is -2.37. The summed E-state index contributed by atoms with van der Waals surface area (Å²) in [7, 11) is 3.21. The molecule has 0 radical (unpaired) electrons. The molecule has 3 rings (SSSR count). The van der Waals surface area contributed by atoms with Crippen molar-refractivity contribution in [1.82, 2.24) is 4.90 Å². The summed E-state index contributed by atoms with van der Waals surface area (Å²) in [5.74, 6) is 1.43. The van der Waals surface area contributed by atoms with Gasteiger partial charge in [0.05, 0.1) is 14.2 Å². The minimum absolute atomic E-state index is 0.123. The fraction of sp³-hybridized carbons (Fsp3) is 0.316. The SMILES string of the molecule is COc1ccc(N2CCN(C(=S)c3ccc(O)c(OC)c3)CC2)cc1. The molecule has 25 heavy (non-hydrogen) atoms. The summed E-state index contributed by atoms with van der Waals surface area (Å²) < 4.78 is 10.4. The van der Waals surface area contributed by atoms with E-state index in [-0.39, 0.29) is 5.75 Å². The zero-order valence-corrected chi connectivity index (χ0v) is 15.3. The Balaban J connectivity index is 1.64. The van der Waals surface area contributed by atoms with Crippen LogP contribution in [0.1, 0.15) is 5.56 Å². The van der Waals surface area contributed by atoms with E-state index in [4.69, 9.17) is 21.7 Å². The molecule has 1 N–H and O–H groups in total. The van der Waals surface area contributed by atoms with Crippen LogP contribution >= 0.6 is 12.2 Å². The van der Waals surface area contributed by atoms with Crippen LogP contribution in [0.25, 0.3) is 0 Å². The van der Waals surface area contributed by atoms with Crippen LogP contribution < -0.4 is 14.4 Å². The minimum atomic E-state index is 0.123. The van der Waals surface area contributed by atoms with Gasteiger partial charge in [-0.15, -0.1) is 0 Å². The van der Waals surface area contributed by atoms with Crippen molar-refractivity contribution in [3.8, 4) is 17.2 Å². The number of hydrogen-bond acceptors (Lipinski definition) is 5. The van der Waals surface area contributed by atoms with E-state index in [1.165, 1.54) is 12.8 Å². The van der Waals surface area contributed by atoms with Crippen molar-refractivity contribution in [3.63, 3.8) is 0 Å². The fourth-order valence-corrected chi connectivity index (χ4v) is 3.26. The van der Waals surface area contributed by atoms with Gasteiger partial charge in [-0.2, -0.15) is 0 Å². The second-order valence-electron chi connectivity index (χ2n) is 5.86. The molecule has 5 nitrogen and oxygen atoms in total. The van der Waals surface area contributed by atoms with Crippen molar-refractivity contribution >= 4 is 22.9 Å². The number of rotatable bonds is 4. The van der Waals surface area contributed by atoms with Gasteiger partial charge >= 0.3 is 0 Å². The van der Waals surface area contributed by atoms with Crippen LogP contribution in [-0.4, -0.2) is 55.4 Å². The van der Waals surface area contributed by atoms with Gasteiger partial charge in [0.2, 0.25) is 0 Å². The first kappa shape index (κ1) is 17.4. The van der Waals surface area contributed by atoms with Crippen LogP contribution in [0.4, 0.5) is 5.69 Å². The summed E-state index contributed by atoms with van der Waals surface area (Å²) in [6, 6.07) is 13.4. The van der Waals surface area contributed by atoms with Crippen LogP contribution in [0.15, 0.2) is 42.5 Å². The number of ether oxygens (including phenoxy) is 2. The van der Waals surface area contributed by atoms with E-state index >= 15 is 0 Å². The molecule has 0 atom stereocenters. The molecule has 0 aliphatic carbocycles. The molecular weight excluding hydrogens is 336 g/mol. The summed E-state index contributed by atoms with van der Waals surface area (Å²) in [5, 5.41) is 9.73. The highest BCUT2D eigenvalue weighted by Crippen LogP contribution is 2.27. The molecule has 132 valence electrons. The van der Waals surface area contributed by atoms with Gasteiger partial charge in [0.25, 0.3) is 0 Å². The Bertz CT molecular complexity index is 741. The second kappa shape index (κ2) is 7.61. The Kier molecular flexibility index (Phi) is 5.28. The maximum atomic E-state index is 9.73. The van der Waals surface area contributed by atoms with E-state index in [0.717, 1.165) is 42.5 Å². The normalized spacial score (nSPS) is 14.3. The molecule has 1 saturated heterocycles. The fourth-order valence-electron chi connectivity index (χ4n) is 2.95. The Morgan fingerprint density at radius 2 is 1.64 bits per heavy atom. The van der Waals surface area contributed by atoms with Crippen molar-refractivity contribution in [2.24, 2.45) is 0 Å². The number of nitrogens with zero attached hydrogens (tertiary/aromatic N) is 2. The third-order valence-corrected chi connectivity index (χ3v) is 4.93. The number of hydrogen-bond donors (Lipinski definition) is 1. The lowest BCUT2D eigenvalue weighted by atomic mass is 10.1. The maximum absolute atomic E-state index is 9.73. The highest BCUT2D eigenvalue weighted by Gasteiger charge is 2.20. The van der Waals surface area contributed by atoms with E-state index in [0.29, 0.717) is 5.75 Å². The summed E-state index contributed by atoms with van der Waals surface area (Å²) >= 11 is 5.63. The summed E-state index contributed by atoms with van der Waals surface area (Å²) in [4.78, 5) is 5.32. The quantitative estimate of drug-likeness (QED) is 0.848. The standard InChI is InChI=1S/C19H22N2O3S/c1-23-16-6-4-15(5-7-16)20-9-11-21(12-10-20)19(25)14-3-8-17(22)18(13-14)24-2/h3-8,13,22H,9-12H2,1-2H3. The number of methoxy groups -OCH3 is 2. The predicted octanol–water partition coefficient (Wildman–Crippen LogP) is 2.91. The topological polar surface area (TPSA) is 45.2 Å². The van der Waals surface area contributed by atoms with Crippen molar-refractivity contribution in [1.29, 1.82) is 0 Å². The average molecular weight is 358 g/mol. The first-order chi connectivity index (χ1) is 12.1. The zero-order valence-electron chi connectivity index (χ0n) is 14.4. The van der Waals surface area contributed by atoms with Crippen LogP contribution in [-0.2, 0) is 0 Å². The number of phenolic OH excluding ortho intramolecular Hbond substituents is 1. The molecule has 0 saturated carbocycles. The van der Waals surface area contributed by atoms with Gasteiger partial charge in [0.15, 0.2) is 11.5 Å². The van der Waals surface area contributed by atoms with Crippen molar-refractivity contribution in [3.05, 3.63) is 48.0 Å². The summed E-state index contributed by atoms with van der Waals surface area (Å²) in [6.07, 6.45) is 0. The van der Waals surface area contributed by atoms with E-state index in [1.807, 2.05) is 18.2 Å². The zero-order chi connectivity index (χ0) is 17.8. The molecule has 1 aliphatic rings. The Hall–Kier alpha value is -2.47. The number of piperazine rings is 1. The van der Waals surface area contributed by atoms with Crippen LogP contribution in [0.2, 0.25) is 0 Å². The van der Waals surface area contributed by atoms with Crippen LogP contribution in [0, 0.1) is 0 Å². The van der Waals surface area contributed by atoms with E-state index in [9.17, 15) is 5.11 Å². The van der Waals surface area contributed by atoms with E-state index < -0.39 is 0 Å². The van der Waals surface area contributed by atoms with Gasteiger partial charge in [-0.05, 0) is 42.5 Å². The monoisotopic (exact) mass is 358 g/mol. The number of phenols is 1. The molecule has 0 bridgehead atoms. The van der Waals surface area contributed by atoms with Gasteiger partial charge < -0.3 is 24.4 Å². The highest BCUT2D eigenvalue weighted by atomic mass is 32.1. The second-order valence-corrected chi connectivity index (χ2v) is 6.25. The smallest absolute Gasteiger partial charge is 0.161 e. The van der Waals surface area contributed by atoms with Gasteiger partial charge in [-0.1, -0.05) is 12.2 Å². The van der Waals surface area contributed by atoms with Gasteiger partial charge in [-0.3, -0.25) is 0 Å². The molecule has 6 heteroatoms. The third kappa shape index (κ3) is 3.79.